The summed E-state index contributed by atoms with van der Waals surface area (Å²) >= 11 is 0. The van der Waals surface area contributed by atoms with Crippen molar-refractivity contribution >= 4 is 11.7 Å². The molecule has 2 aromatic heterocycles. The molecule has 0 saturated heterocycles. The van der Waals surface area contributed by atoms with Crippen molar-refractivity contribution in [1.29, 1.82) is 0 Å². The van der Waals surface area contributed by atoms with E-state index in [9.17, 15) is 4.79 Å². The van der Waals surface area contributed by atoms with Gasteiger partial charge < -0.3 is 10.2 Å². The maximum Gasteiger partial charge on any atom is 0.318 e. The highest BCUT2D eigenvalue weighted by Gasteiger charge is 2.24. The van der Waals surface area contributed by atoms with Gasteiger partial charge in [-0.25, -0.2) is 4.79 Å². The fourth-order valence-electron chi connectivity index (χ4n) is 3.29. The van der Waals surface area contributed by atoms with E-state index >= 15 is 0 Å². The zero-order valence-corrected chi connectivity index (χ0v) is 14.7. The second-order valence-electron chi connectivity index (χ2n) is 6.87. The number of pyridine rings is 1. The normalized spacial score (nSPS) is 14.2. The highest BCUT2D eigenvalue weighted by atomic mass is 16.2. The first-order valence-corrected chi connectivity index (χ1v) is 9.15. The van der Waals surface area contributed by atoms with Gasteiger partial charge in [0.05, 0.1) is 6.54 Å². The first-order valence-electron chi connectivity index (χ1n) is 9.15. The third-order valence-corrected chi connectivity index (χ3v) is 4.99. The number of carbonyl (C=O) groups excluding carboxylic acids is 1. The number of carbonyl (C=O) groups is 1. The first-order chi connectivity index (χ1) is 12.8. The Labute approximate surface area is 152 Å². The quantitative estimate of drug-likeness (QED) is 0.743. The monoisotopic (exact) mass is 349 g/mol. The summed E-state index contributed by atoms with van der Waals surface area (Å²) < 4.78 is 1.90. The number of hydrogen-bond donors (Lipinski definition) is 1. The number of amides is 2. The summed E-state index contributed by atoms with van der Waals surface area (Å²) in [4.78, 5) is 14.7. The smallest absolute Gasteiger partial charge is 0.318 e. The number of urea groups is 1. The standard InChI is InChI=1S/C20H23N5O/c26-20(21-13-19-23-22-18-11-4-5-12-25(18)19)24(15-17-9-6-10-17)14-16-7-2-1-3-8-16/h1-5,7-8,11-12,17H,6,9-10,13-15H2,(H,21,26). The van der Waals surface area contributed by atoms with E-state index in [-0.39, 0.29) is 6.03 Å². The molecule has 4 rings (SSSR count). The third kappa shape index (κ3) is 3.69. The van der Waals surface area contributed by atoms with E-state index < -0.39 is 0 Å². The number of aromatic nitrogens is 3. The van der Waals surface area contributed by atoms with Gasteiger partial charge in [0, 0.05) is 19.3 Å². The number of nitrogens with zero attached hydrogens (tertiary/aromatic N) is 4. The van der Waals surface area contributed by atoms with Gasteiger partial charge in [-0.15, -0.1) is 10.2 Å². The summed E-state index contributed by atoms with van der Waals surface area (Å²) in [5.41, 5.74) is 1.93. The van der Waals surface area contributed by atoms with Crippen LogP contribution >= 0.6 is 0 Å². The maximum atomic E-state index is 12.8. The molecule has 26 heavy (non-hydrogen) atoms. The molecule has 2 heterocycles. The van der Waals surface area contributed by atoms with Gasteiger partial charge in [0.2, 0.25) is 0 Å². The molecule has 1 N–H and O–H groups in total. The fraction of sp³-hybridized carbons (Fsp3) is 0.350. The lowest BCUT2D eigenvalue weighted by Gasteiger charge is -2.32. The van der Waals surface area contributed by atoms with E-state index in [1.807, 2.05) is 51.9 Å². The molecular weight excluding hydrogens is 326 g/mol. The van der Waals surface area contributed by atoms with Crippen LogP contribution in [0.2, 0.25) is 0 Å². The van der Waals surface area contributed by atoms with Crippen LogP contribution in [0, 0.1) is 5.92 Å². The van der Waals surface area contributed by atoms with Gasteiger partial charge in [-0.3, -0.25) is 4.40 Å². The number of hydrogen-bond acceptors (Lipinski definition) is 3. The van der Waals surface area contributed by atoms with Crippen LogP contribution in [0.5, 0.6) is 0 Å². The van der Waals surface area contributed by atoms with Gasteiger partial charge in [-0.2, -0.15) is 0 Å². The van der Waals surface area contributed by atoms with Crippen LogP contribution in [0.4, 0.5) is 4.79 Å². The highest BCUT2D eigenvalue weighted by molar-refractivity contribution is 5.74. The van der Waals surface area contributed by atoms with Crippen molar-refractivity contribution in [2.75, 3.05) is 6.54 Å². The van der Waals surface area contributed by atoms with Crippen molar-refractivity contribution in [3.8, 4) is 0 Å². The number of benzene rings is 1. The highest BCUT2D eigenvalue weighted by Crippen LogP contribution is 2.27. The van der Waals surface area contributed by atoms with Crippen molar-refractivity contribution in [3.63, 3.8) is 0 Å². The average molecular weight is 349 g/mol. The van der Waals surface area contributed by atoms with Gasteiger partial charge in [0.25, 0.3) is 0 Å². The molecule has 0 bridgehead atoms. The molecule has 6 heteroatoms. The Balaban J connectivity index is 1.43. The predicted molar refractivity (Wildman–Crippen MR) is 99.4 cm³/mol. The maximum absolute atomic E-state index is 12.8. The zero-order valence-electron chi connectivity index (χ0n) is 14.7. The molecule has 0 aliphatic heterocycles. The SMILES string of the molecule is O=C(NCc1nnc2ccccn12)N(Cc1ccccc1)CC1CCC1. The number of fused-ring (bicyclic) bond motifs is 1. The van der Waals surface area contributed by atoms with Crippen LogP contribution in [-0.4, -0.2) is 32.1 Å². The second-order valence-corrected chi connectivity index (χ2v) is 6.87. The summed E-state index contributed by atoms with van der Waals surface area (Å²) in [6, 6.07) is 15.8. The van der Waals surface area contributed by atoms with Crippen LogP contribution in [0.15, 0.2) is 54.7 Å². The minimum atomic E-state index is -0.0477. The molecule has 2 amide bonds. The van der Waals surface area contributed by atoms with Crippen LogP contribution in [0.3, 0.4) is 0 Å². The Kier molecular flexibility index (Phi) is 4.82. The van der Waals surface area contributed by atoms with Crippen molar-refractivity contribution < 1.29 is 4.79 Å². The largest absolute Gasteiger partial charge is 0.331 e. The fourth-order valence-corrected chi connectivity index (χ4v) is 3.29. The molecule has 0 radical (unpaired) electrons. The lowest BCUT2D eigenvalue weighted by Crippen LogP contribution is -2.43. The van der Waals surface area contributed by atoms with Gasteiger partial charge in [0.1, 0.15) is 0 Å². The Hall–Kier alpha value is -2.89. The van der Waals surface area contributed by atoms with Crippen LogP contribution in [0.25, 0.3) is 5.65 Å². The van der Waals surface area contributed by atoms with E-state index in [1.165, 1.54) is 19.3 Å². The van der Waals surface area contributed by atoms with Crippen LogP contribution < -0.4 is 5.32 Å². The third-order valence-electron chi connectivity index (χ3n) is 4.99. The molecule has 0 spiro atoms. The molecule has 0 atom stereocenters. The van der Waals surface area contributed by atoms with Crippen LogP contribution in [0.1, 0.15) is 30.7 Å². The lowest BCUT2D eigenvalue weighted by molar-refractivity contribution is 0.163. The molecule has 0 unspecified atom stereocenters. The Morgan fingerprint density at radius 3 is 2.69 bits per heavy atom. The molecule has 1 aliphatic carbocycles. The second kappa shape index (κ2) is 7.56. The summed E-state index contributed by atoms with van der Waals surface area (Å²) in [5.74, 6) is 1.36. The van der Waals surface area contributed by atoms with Crippen molar-refractivity contribution in [2.24, 2.45) is 5.92 Å². The summed E-state index contributed by atoms with van der Waals surface area (Å²) in [5, 5.41) is 11.3. The number of rotatable bonds is 6. The molecule has 1 saturated carbocycles. The van der Waals surface area contributed by atoms with E-state index in [4.69, 9.17) is 0 Å². The topological polar surface area (TPSA) is 62.5 Å². The van der Waals surface area contributed by atoms with Gasteiger partial charge in [0.15, 0.2) is 11.5 Å². The first kappa shape index (κ1) is 16.6. The minimum Gasteiger partial charge on any atom is -0.331 e. The average Bonchev–Trinajstić information content (AvgIpc) is 3.05. The van der Waals surface area contributed by atoms with Gasteiger partial charge in [-0.1, -0.05) is 42.8 Å². The molecular formula is C20H23N5O. The van der Waals surface area contributed by atoms with E-state index in [0.29, 0.717) is 19.0 Å². The minimum absolute atomic E-state index is 0.0477. The summed E-state index contributed by atoms with van der Waals surface area (Å²) in [7, 11) is 0. The van der Waals surface area contributed by atoms with Crippen molar-refractivity contribution in [2.45, 2.75) is 32.4 Å². The molecule has 1 aromatic carbocycles. The lowest BCUT2D eigenvalue weighted by atomic mass is 9.85. The molecule has 1 aliphatic rings. The predicted octanol–water partition coefficient (Wildman–Crippen LogP) is 3.24. The Morgan fingerprint density at radius 2 is 1.92 bits per heavy atom. The molecule has 6 nitrogen and oxygen atoms in total. The zero-order chi connectivity index (χ0) is 17.8. The van der Waals surface area contributed by atoms with Crippen LogP contribution in [-0.2, 0) is 13.1 Å². The molecule has 1 fully saturated rings. The molecule has 3 aromatic rings. The van der Waals surface area contributed by atoms with Gasteiger partial charge >= 0.3 is 6.03 Å². The summed E-state index contributed by atoms with van der Waals surface area (Å²) in [6.45, 7) is 1.80. The van der Waals surface area contributed by atoms with Crippen molar-refractivity contribution in [3.05, 3.63) is 66.1 Å². The number of nitrogens with one attached hydrogen (secondary N) is 1. The summed E-state index contributed by atoms with van der Waals surface area (Å²) in [6.07, 6.45) is 5.62. The van der Waals surface area contributed by atoms with Gasteiger partial charge in [-0.05, 0) is 36.5 Å². The van der Waals surface area contributed by atoms with E-state index in [1.54, 1.807) is 0 Å². The van der Waals surface area contributed by atoms with Crippen molar-refractivity contribution in [1.82, 2.24) is 24.8 Å². The van der Waals surface area contributed by atoms with E-state index in [2.05, 4.69) is 27.6 Å². The van der Waals surface area contributed by atoms with E-state index in [0.717, 1.165) is 23.6 Å². The molecule has 134 valence electrons. The Bertz CT molecular complexity index is 872. The Morgan fingerprint density at radius 1 is 1.12 bits per heavy atom.